The average molecular weight is 1030 g/mol. The second kappa shape index (κ2) is 17.5. The lowest BCUT2D eigenvalue weighted by molar-refractivity contribution is 0.330. The zero-order valence-corrected chi connectivity index (χ0v) is 50.8. The van der Waals surface area contributed by atoms with Gasteiger partial charge in [-0.2, -0.15) is 0 Å². The van der Waals surface area contributed by atoms with E-state index in [-0.39, 0.29) is 44.7 Å². The highest BCUT2D eigenvalue weighted by atomic mass is 15.3. The molecule has 5 aliphatic rings. The fourth-order valence-corrected chi connectivity index (χ4v) is 15.2. The minimum absolute atomic E-state index is 0.0107. The van der Waals surface area contributed by atoms with Crippen molar-refractivity contribution in [2.45, 2.75) is 201 Å². The van der Waals surface area contributed by atoms with E-state index >= 15 is 0 Å². The van der Waals surface area contributed by atoms with E-state index in [0.29, 0.717) is 11.8 Å². The van der Waals surface area contributed by atoms with Crippen LogP contribution in [-0.4, -0.2) is 12.3 Å². The number of anilines is 8. The Labute approximate surface area is 471 Å². The summed E-state index contributed by atoms with van der Waals surface area (Å²) in [5, 5.41) is 0. The lowest BCUT2D eigenvalue weighted by atomic mass is 9.33. The minimum Gasteiger partial charge on any atom is -0.334 e. The number of benzene rings is 7. The molecule has 3 heterocycles. The van der Waals surface area contributed by atoms with E-state index in [4.69, 9.17) is 0 Å². The number of rotatable bonds is 5. The molecule has 3 unspecified atom stereocenters. The van der Waals surface area contributed by atoms with Gasteiger partial charge in [-0.25, -0.2) is 0 Å². The number of hydrogen-bond donors (Lipinski definition) is 0. The van der Waals surface area contributed by atoms with E-state index in [9.17, 15) is 0 Å². The third-order valence-corrected chi connectivity index (χ3v) is 20.2. The van der Waals surface area contributed by atoms with Gasteiger partial charge in [-0.3, -0.25) is 0 Å². The van der Waals surface area contributed by atoms with E-state index < -0.39 is 0 Å². The number of hydrogen-bond acceptors (Lipinski definition) is 3. The van der Waals surface area contributed by atoms with Crippen LogP contribution >= 0.6 is 0 Å². The van der Waals surface area contributed by atoms with Crippen molar-refractivity contribution in [1.82, 2.24) is 0 Å². The molecule has 2 aliphatic carbocycles. The van der Waals surface area contributed by atoms with Crippen molar-refractivity contribution in [3.63, 3.8) is 0 Å². The quantitative estimate of drug-likeness (QED) is 0.159. The van der Waals surface area contributed by atoms with Crippen LogP contribution < -0.4 is 31.1 Å². The molecule has 3 atom stereocenters. The molecular formula is C74H88BN3. The summed E-state index contributed by atoms with van der Waals surface area (Å²) in [7, 11) is 0. The zero-order chi connectivity index (χ0) is 55.6. The lowest BCUT2D eigenvalue weighted by Crippen LogP contribution is -2.62. The van der Waals surface area contributed by atoms with Crippen molar-refractivity contribution in [3.8, 4) is 11.1 Å². The second-order valence-corrected chi connectivity index (χ2v) is 30.2. The average Bonchev–Trinajstić information content (AvgIpc) is 3.34. The Morgan fingerprint density at radius 1 is 0.474 bits per heavy atom. The van der Waals surface area contributed by atoms with Crippen LogP contribution in [0.3, 0.4) is 0 Å². The van der Waals surface area contributed by atoms with Gasteiger partial charge in [0, 0.05) is 50.8 Å². The van der Waals surface area contributed by atoms with Crippen molar-refractivity contribution in [3.05, 3.63) is 172 Å². The summed E-state index contributed by atoms with van der Waals surface area (Å²) < 4.78 is 0. The molecule has 78 heavy (non-hydrogen) atoms. The molecule has 0 saturated heterocycles. The van der Waals surface area contributed by atoms with Crippen molar-refractivity contribution < 1.29 is 0 Å². The number of fused-ring (bicyclic) bond motifs is 8. The van der Waals surface area contributed by atoms with Crippen LogP contribution in [-0.2, 0) is 32.5 Å². The molecule has 0 spiro atoms. The first-order chi connectivity index (χ1) is 36.5. The first kappa shape index (κ1) is 52.7. The Bertz CT molecular complexity index is 3550. The number of nitrogens with zero attached hydrogens (tertiary/aromatic N) is 3. The first-order valence-electron chi connectivity index (χ1n) is 29.9. The van der Waals surface area contributed by atoms with Gasteiger partial charge in [0.05, 0.1) is 11.2 Å². The minimum atomic E-state index is -0.148. The van der Waals surface area contributed by atoms with E-state index in [1.54, 1.807) is 0 Å². The second-order valence-electron chi connectivity index (χ2n) is 30.2. The van der Waals surface area contributed by atoms with Crippen molar-refractivity contribution in [1.29, 1.82) is 0 Å². The predicted octanol–water partition coefficient (Wildman–Crippen LogP) is 18.8. The van der Waals surface area contributed by atoms with Crippen molar-refractivity contribution in [2.24, 2.45) is 5.92 Å². The molecule has 4 heteroatoms. The Balaban J connectivity index is 1.27. The predicted molar refractivity (Wildman–Crippen MR) is 339 cm³/mol. The van der Waals surface area contributed by atoms with Crippen LogP contribution in [0.15, 0.2) is 133 Å². The summed E-state index contributed by atoms with van der Waals surface area (Å²) in [6, 6.07) is 54.1. The lowest BCUT2D eigenvalue weighted by Gasteiger charge is -2.48. The Morgan fingerprint density at radius 2 is 1.06 bits per heavy atom. The van der Waals surface area contributed by atoms with Crippen molar-refractivity contribution in [2.75, 3.05) is 14.7 Å². The molecule has 0 bridgehead atoms. The van der Waals surface area contributed by atoms with Crippen LogP contribution in [0, 0.1) is 5.92 Å². The maximum absolute atomic E-state index is 2.84. The normalized spacial score (nSPS) is 21.3. The highest BCUT2D eigenvalue weighted by molar-refractivity contribution is 7.00. The molecule has 0 aromatic heterocycles. The van der Waals surface area contributed by atoms with Gasteiger partial charge in [-0.1, -0.05) is 203 Å². The molecular weight excluding hydrogens is 942 g/mol. The highest BCUT2D eigenvalue weighted by Crippen LogP contribution is 2.64. The molecule has 12 rings (SSSR count). The fourth-order valence-electron chi connectivity index (χ4n) is 15.2. The summed E-state index contributed by atoms with van der Waals surface area (Å²) in [5.74, 6) is 0.989. The molecule has 1 fully saturated rings. The maximum Gasteiger partial charge on any atom is 0.252 e. The third-order valence-electron chi connectivity index (χ3n) is 20.2. The Hall–Kier alpha value is -6.00. The van der Waals surface area contributed by atoms with Gasteiger partial charge in [0.25, 0.3) is 6.71 Å². The standard InChI is InChI=1S/C74H88BN3/c1-46(2)54-34-37-72(15,16)57-45-60-64(44-56(54)57)77(61-32-29-49(69(6,7)8)39-55(61)47-24-20-19-21-25-47)66-43-53(78-62-33-30-50(70(9,10)11)40-58(62)73(17)35-23-36-74(73,78)18)42-65-67(66)75(60)59-31-28-51(71(12,13)14)41-63(59)76(65)52-27-22-26-48(38-52)68(3,4)5/h19-22,24-33,38-46,54H,23,34-37H2,1-18H3. The van der Waals surface area contributed by atoms with Gasteiger partial charge in [0.1, 0.15) is 0 Å². The molecule has 3 aliphatic heterocycles. The molecule has 7 aromatic carbocycles. The molecule has 0 N–H and O–H groups in total. The van der Waals surface area contributed by atoms with Gasteiger partial charge in [-0.15, -0.1) is 0 Å². The van der Waals surface area contributed by atoms with Crippen molar-refractivity contribution >= 4 is 68.6 Å². The topological polar surface area (TPSA) is 9.72 Å². The van der Waals surface area contributed by atoms with Crippen LogP contribution in [0.4, 0.5) is 45.5 Å². The third kappa shape index (κ3) is 8.01. The highest BCUT2D eigenvalue weighted by Gasteiger charge is 2.60. The Kier molecular flexibility index (Phi) is 11.8. The summed E-state index contributed by atoms with van der Waals surface area (Å²) in [5.41, 5.74) is 26.7. The monoisotopic (exact) mass is 1030 g/mol. The SMILES string of the molecule is CC(C)C1CCC(C)(C)c2cc3c(cc21)N(c1ccc(C(C)(C)C)cc1-c1ccccc1)c1cc(N2c4ccc(C(C)(C)C)cc4C4(C)CCCC24C)cc2c1B3c1ccc(C(C)(C)C)cc1N2c1cccc(C(C)(C)C)c1. The Morgan fingerprint density at radius 3 is 1.72 bits per heavy atom. The molecule has 402 valence electrons. The largest absolute Gasteiger partial charge is 0.334 e. The molecule has 0 radical (unpaired) electrons. The van der Waals surface area contributed by atoms with Crippen LogP contribution in [0.25, 0.3) is 11.1 Å². The summed E-state index contributed by atoms with van der Waals surface area (Å²) in [4.78, 5) is 8.32. The van der Waals surface area contributed by atoms with Gasteiger partial charge in [0.2, 0.25) is 0 Å². The molecule has 0 amide bonds. The van der Waals surface area contributed by atoms with Crippen LogP contribution in [0.5, 0.6) is 0 Å². The van der Waals surface area contributed by atoms with Gasteiger partial charge < -0.3 is 14.7 Å². The van der Waals surface area contributed by atoms with Crippen LogP contribution in [0.1, 0.15) is 202 Å². The fraction of sp³-hybridized carbons (Fsp3) is 0.432. The molecule has 1 saturated carbocycles. The van der Waals surface area contributed by atoms with Gasteiger partial charge in [-0.05, 0) is 187 Å². The molecule has 3 nitrogen and oxygen atoms in total. The first-order valence-corrected chi connectivity index (χ1v) is 29.9. The van der Waals surface area contributed by atoms with Crippen LogP contribution in [0.2, 0.25) is 0 Å². The maximum atomic E-state index is 2.84. The van der Waals surface area contributed by atoms with E-state index in [0.717, 1.165) is 6.42 Å². The summed E-state index contributed by atoms with van der Waals surface area (Å²) in [6.45, 7) is 43.6. The van der Waals surface area contributed by atoms with E-state index in [2.05, 4.69) is 273 Å². The summed E-state index contributed by atoms with van der Waals surface area (Å²) in [6.07, 6.45) is 5.89. The van der Waals surface area contributed by atoms with E-state index in [1.165, 1.54) is 138 Å². The van der Waals surface area contributed by atoms with Gasteiger partial charge in [0.15, 0.2) is 0 Å². The van der Waals surface area contributed by atoms with Gasteiger partial charge >= 0.3 is 0 Å². The summed E-state index contributed by atoms with van der Waals surface area (Å²) >= 11 is 0. The zero-order valence-electron chi connectivity index (χ0n) is 50.8. The molecule has 7 aromatic rings. The van der Waals surface area contributed by atoms with E-state index in [1.807, 2.05) is 0 Å². The smallest absolute Gasteiger partial charge is 0.252 e.